The van der Waals surface area contributed by atoms with Crippen molar-refractivity contribution in [2.45, 2.75) is 0 Å². The summed E-state index contributed by atoms with van der Waals surface area (Å²) in [5, 5.41) is 9.66. The van der Waals surface area contributed by atoms with Gasteiger partial charge in [0.25, 0.3) is 0 Å². The van der Waals surface area contributed by atoms with Crippen molar-refractivity contribution in [1.82, 2.24) is 0 Å². The molecular weight excluding hydrogens is 268 g/mol. The monoisotopic (exact) mass is 278 g/mol. The zero-order valence-electron chi connectivity index (χ0n) is 10.1. The second kappa shape index (κ2) is 5.63. The van der Waals surface area contributed by atoms with Crippen molar-refractivity contribution in [1.29, 1.82) is 0 Å². The fourth-order valence-electron chi connectivity index (χ4n) is 1.61. The minimum Gasteiger partial charge on any atom is -0.493 e. The largest absolute Gasteiger partial charge is 0.493 e. The lowest BCUT2D eigenvalue weighted by Gasteiger charge is -1.98. The van der Waals surface area contributed by atoms with Gasteiger partial charge in [0.2, 0.25) is 0 Å². The Morgan fingerprint density at radius 3 is 2.95 bits per heavy atom. The Bertz CT molecular complexity index is 667. The molecule has 0 atom stereocenters. The van der Waals surface area contributed by atoms with Gasteiger partial charge in [0, 0.05) is 11.5 Å². The number of aliphatic carboxylic acids is 1. The molecule has 0 aliphatic carbocycles. The van der Waals surface area contributed by atoms with E-state index in [1.807, 2.05) is 12.1 Å². The zero-order valence-corrected chi connectivity index (χ0v) is 10.8. The fraction of sp³-hybridized carbons (Fsp3) is 0.0714. The molecule has 0 bridgehead atoms. The Hall–Kier alpha value is -2.20. The van der Waals surface area contributed by atoms with Crippen LogP contribution in [0.1, 0.15) is 5.76 Å². The highest BCUT2D eigenvalue weighted by atomic mass is 35.5. The summed E-state index contributed by atoms with van der Waals surface area (Å²) in [5.41, 5.74) is 0.605. The number of furan rings is 1. The summed E-state index contributed by atoms with van der Waals surface area (Å²) in [6.45, 7) is 0. The van der Waals surface area contributed by atoms with Crippen LogP contribution in [0.2, 0.25) is 0 Å². The van der Waals surface area contributed by atoms with E-state index in [0.29, 0.717) is 22.1 Å². The summed E-state index contributed by atoms with van der Waals surface area (Å²) in [7, 11) is 1.56. The molecule has 0 radical (unpaired) electrons. The molecular formula is C14H11ClO4. The first-order valence-electron chi connectivity index (χ1n) is 5.45. The number of hydrogen-bond donors (Lipinski definition) is 1. The first kappa shape index (κ1) is 13.2. The molecule has 1 heterocycles. The maximum Gasteiger partial charge on any atom is 0.328 e. The van der Waals surface area contributed by atoms with Gasteiger partial charge in [-0.3, -0.25) is 0 Å². The molecule has 0 spiro atoms. The third kappa shape index (κ3) is 2.98. The van der Waals surface area contributed by atoms with Crippen LogP contribution >= 0.6 is 11.6 Å². The van der Waals surface area contributed by atoms with E-state index in [4.69, 9.17) is 25.9 Å². The van der Waals surface area contributed by atoms with E-state index in [0.717, 1.165) is 11.5 Å². The van der Waals surface area contributed by atoms with Crippen LogP contribution in [0.3, 0.4) is 0 Å². The minimum absolute atomic E-state index is 0.316. The van der Waals surface area contributed by atoms with E-state index < -0.39 is 5.97 Å². The Balaban J connectivity index is 2.38. The lowest BCUT2D eigenvalue weighted by atomic mass is 10.2. The topological polar surface area (TPSA) is 59.7 Å². The van der Waals surface area contributed by atoms with Crippen molar-refractivity contribution in [3.63, 3.8) is 0 Å². The molecule has 0 unspecified atom stereocenters. The van der Waals surface area contributed by atoms with E-state index in [1.165, 1.54) is 12.2 Å². The number of allylic oxidation sites excluding steroid dienone is 2. The van der Waals surface area contributed by atoms with Crippen LogP contribution in [0.4, 0.5) is 0 Å². The van der Waals surface area contributed by atoms with E-state index in [2.05, 4.69) is 0 Å². The summed E-state index contributed by atoms with van der Waals surface area (Å²) in [6, 6.07) is 7.29. The lowest BCUT2D eigenvalue weighted by molar-refractivity contribution is -0.131. The summed E-state index contributed by atoms with van der Waals surface area (Å²) in [5.74, 6) is 0.0393. The molecule has 98 valence electrons. The molecule has 1 aromatic heterocycles. The summed E-state index contributed by atoms with van der Waals surface area (Å²) < 4.78 is 10.8. The molecule has 2 rings (SSSR count). The van der Waals surface area contributed by atoms with Gasteiger partial charge in [0.1, 0.15) is 5.76 Å². The highest BCUT2D eigenvalue weighted by molar-refractivity contribution is 6.48. The van der Waals surface area contributed by atoms with Crippen molar-refractivity contribution in [3.05, 3.63) is 48.3 Å². The average molecular weight is 279 g/mol. The average Bonchev–Trinajstić information content (AvgIpc) is 2.81. The third-order valence-electron chi connectivity index (χ3n) is 2.44. The zero-order chi connectivity index (χ0) is 13.8. The molecule has 2 aromatic rings. The van der Waals surface area contributed by atoms with Crippen molar-refractivity contribution < 1.29 is 19.1 Å². The molecule has 1 aromatic carbocycles. The second-order valence-electron chi connectivity index (χ2n) is 3.70. The van der Waals surface area contributed by atoms with Gasteiger partial charge in [-0.15, -0.1) is 0 Å². The van der Waals surface area contributed by atoms with Gasteiger partial charge in [-0.2, -0.15) is 0 Å². The fourth-order valence-corrected chi connectivity index (χ4v) is 1.78. The number of para-hydroxylation sites is 1. The first-order valence-corrected chi connectivity index (χ1v) is 5.83. The number of hydrogen-bond acceptors (Lipinski definition) is 3. The van der Waals surface area contributed by atoms with Gasteiger partial charge in [-0.1, -0.05) is 29.8 Å². The second-order valence-corrected chi connectivity index (χ2v) is 4.11. The van der Waals surface area contributed by atoms with Crippen LogP contribution in [0, 0.1) is 0 Å². The number of rotatable bonds is 4. The van der Waals surface area contributed by atoms with E-state index >= 15 is 0 Å². The van der Waals surface area contributed by atoms with Crippen LogP contribution in [0.5, 0.6) is 5.75 Å². The predicted octanol–water partition coefficient (Wildman–Crippen LogP) is 3.66. The molecule has 0 saturated heterocycles. The normalized spacial score (nSPS) is 12.2. The van der Waals surface area contributed by atoms with Crippen LogP contribution in [0.25, 0.3) is 16.0 Å². The number of carbonyl (C=O) groups is 1. The number of fused-ring (bicyclic) bond motifs is 1. The lowest BCUT2D eigenvalue weighted by Crippen LogP contribution is -1.84. The van der Waals surface area contributed by atoms with Gasteiger partial charge in [-0.05, 0) is 18.2 Å². The molecule has 0 aliphatic heterocycles. The SMILES string of the molecule is COc1cccc2cc(C(Cl)=CC=CC(=O)O)oc12. The Kier molecular flexibility index (Phi) is 3.92. The van der Waals surface area contributed by atoms with E-state index in [-0.39, 0.29) is 0 Å². The van der Waals surface area contributed by atoms with Crippen molar-refractivity contribution >= 4 is 33.6 Å². The van der Waals surface area contributed by atoms with Crippen molar-refractivity contribution in [2.75, 3.05) is 7.11 Å². The molecule has 4 nitrogen and oxygen atoms in total. The Morgan fingerprint density at radius 2 is 2.26 bits per heavy atom. The highest BCUT2D eigenvalue weighted by Gasteiger charge is 2.10. The Labute approximate surface area is 114 Å². The van der Waals surface area contributed by atoms with Gasteiger partial charge >= 0.3 is 5.97 Å². The number of carboxylic acid groups (broad SMARTS) is 1. The van der Waals surface area contributed by atoms with Crippen LogP contribution in [-0.2, 0) is 4.79 Å². The summed E-state index contributed by atoms with van der Waals surface area (Å²) in [4.78, 5) is 10.3. The smallest absolute Gasteiger partial charge is 0.328 e. The maximum atomic E-state index is 10.3. The van der Waals surface area contributed by atoms with Crippen LogP contribution < -0.4 is 4.74 Å². The van der Waals surface area contributed by atoms with Gasteiger partial charge in [0.05, 0.1) is 12.1 Å². The summed E-state index contributed by atoms with van der Waals surface area (Å²) >= 11 is 6.04. The number of benzene rings is 1. The number of ether oxygens (including phenoxy) is 1. The molecule has 5 heteroatoms. The first-order chi connectivity index (χ1) is 9.11. The molecule has 0 saturated carbocycles. The van der Waals surface area contributed by atoms with E-state index in [9.17, 15) is 4.79 Å². The van der Waals surface area contributed by atoms with E-state index in [1.54, 1.807) is 19.2 Å². The summed E-state index contributed by atoms with van der Waals surface area (Å²) in [6.07, 6.45) is 3.79. The molecule has 1 N–H and O–H groups in total. The van der Waals surface area contributed by atoms with Crippen molar-refractivity contribution in [3.8, 4) is 5.75 Å². The molecule has 0 fully saturated rings. The number of carboxylic acids is 1. The third-order valence-corrected chi connectivity index (χ3v) is 2.76. The standard InChI is InChI=1S/C14H11ClO4/c1-18-11-6-2-4-9-8-12(19-14(9)11)10(15)5-3-7-13(16)17/h2-8H,1H3,(H,16,17). The quantitative estimate of drug-likeness (QED) is 0.685. The van der Waals surface area contributed by atoms with Gasteiger partial charge in [-0.25, -0.2) is 4.79 Å². The highest BCUT2D eigenvalue weighted by Crippen LogP contribution is 2.32. The van der Waals surface area contributed by atoms with Crippen LogP contribution in [0.15, 0.2) is 46.9 Å². The van der Waals surface area contributed by atoms with Gasteiger partial charge in [0.15, 0.2) is 11.3 Å². The maximum absolute atomic E-state index is 10.3. The number of methoxy groups -OCH3 is 1. The van der Waals surface area contributed by atoms with Gasteiger partial charge < -0.3 is 14.3 Å². The number of halogens is 1. The molecule has 0 amide bonds. The van der Waals surface area contributed by atoms with Crippen LogP contribution in [-0.4, -0.2) is 18.2 Å². The molecule has 0 aliphatic rings. The predicted molar refractivity (Wildman–Crippen MR) is 73.4 cm³/mol. The van der Waals surface area contributed by atoms with Crippen molar-refractivity contribution in [2.24, 2.45) is 0 Å². The minimum atomic E-state index is -1.04. The Morgan fingerprint density at radius 1 is 1.47 bits per heavy atom. The molecule has 19 heavy (non-hydrogen) atoms.